The van der Waals surface area contributed by atoms with Gasteiger partial charge in [0.15, 0.2) is 11.6 Å². The standard InChI is InChI=1S/C90H74N8O4/c1-9-101-89(99)65-35-31-61(32-36-65)73-51-77-83(81-57(5)47-55(3)48-58(81)6)79-53-75(63-39-43-71(44-40-63)97(67-23-15-11-16-24-67)68-25-17-12-18-26-68)87(93-79)96-88-76(64-41-45-72(46-42-64)98(69-27-19-13-20-28-69)70-29-21-14-22-30-70)54-80(94-88)84(82-59(7)49-56(4)50-60(82)8)78-52-74(86(92-78)95-85(73)91-77)62-33-37-66(38-34-62)90(100)102-10-2/h11-54H,9-10H2,1-8H3,(H,91,92,95)(H,93,94,96). The van der Waals surface area contributed by atoms with Crippen molar-refractivity contribution in [2.24, 2.45) is 0 Å². The topological polar surface area (TPSA) is 142 Å². The van der Waals surface area contributed by atoms with Crippen molar-refractivity contribution in [1.29, 1.82) is 0 Å². The number of carbonyl (C=O) groups is 2. The van der Waals surface area contributed by atoms with Gasteiger partial charge in [-0.2, -0.15) is 0 Å². The molecule has 8 bridgehead atoms. The van der Waals surface area contributed by atoms with E-state index in [2.05, 4.69) is 255 Å². The summed E-state index contributed by atoms with van der Waals surface area (Å²) in [5, 5.41) is 0. The number of ether oxygens (including phenoxy) is 2. The monoisotopic (exact) mass is 1330 g/mol. The van der Waals surface area contributed by atoms with E-state index >= 15 is 0 Å². The maximum Gasteiger partial charge on any atom is 0.338 e. The van der Waals surface area contributed by atoms with E-state index in [1.807, 2.05) is 48.5 Å². The molecule has 2 N–H and O–H groups in total. The van der Waals surface area contributed by atoms with Crippen molar-refractivity contribution in [3.05, 3.63) is 333 Å². The van der Waals surface area contributed by atoms with Crippen molar-refractivity contribution in [1.82, 2.24) is 29.9 Å². The fourth-order valence-corrected chi connectivity index (χ4v) is 14.4. The number of esters is 2. The summed E-state index contributed by atoms with van der Waals surface area (Å²) in [6.07, 6.45) is 4.28. The minimum Gasteiger partial charge on any atom is -0.462 e. The molecule has 0 radical (unpaired) electrons. The molecule has 13 aromatic rings. The predicted molar refractivity (Wildman–Crippen MR) is 415 cm³/mol. The number of nitrogens with zero attached hydrogens (tertiary/aromatic N) is 6. The maximum atomic E-state index is 13.3. The number of hydrogen-bond donors (Lipinski definition) is 2. The van der Waals surface area contributed by atoms with Crippen molar-refractivity contribution in [2.45, 2.75) is 55.4 Å². The minimum absolute atomic E-state index is 0.244. The number of aromatic nitrogens is 6. The highest BCUT2D eigenvalue weighted by molar-refractivity contribution is 6.04. The average Bonchev–Trinajstić information content (AvgIpc) is 1.61. The van der Waals surface area contributed by atoms with Gasteiger partial charge in [0.05, 0.1) is 46.8 Å². The molecule has 0 atom stereocenters. The maximum absolute atomic E-state index is 13.3. The zero-order valence-corrected chi connectivity index (χ0v) is 58.1. The molecule has 0 fully saturated rings. The number of aromatic amines is 2. The molecule has 498 valence electrons. The summed E-state index contributed by atoms with van der Waals surface area (Å²) in [6.45, 7) is 17.0. The van der Waals surface area contributed by atoms with E-state index in [9.17, 15) is 9.59 Å². The van der Waals surface area contributed by atoms with Crippen LogP contribution in [-0.2, 0) is 9.47 Å². The summed E-state index contributed by atoms with van der Waals surface area (Å²) in [5.74, 6) is 0.1000. The van der Waals surface area contributed by atoms with Gasteiger partial charge in [-0.1, -0.05) is 157 Å². The van der Waals surface area contributed by atoms with Crippen molar-refractivity contribution < 1.29 is 19.1 Å². The second-order valence-corrected chi connectivity index (χ2v) is 25.9. The Hall–Kier alpha value is -12.8. The molecule has 2 aliphatic rings. The van der Waals surface area contributed by atoms with E-state index in [0.717, 1.165) is 145 Å². The van der Waals surface area contributed by atoms with Crippen molar-refractivity contribution in [2.75, 3.05) is 23.0 Å². The van der Waals surface area contributed by atoms with E-state index in [1.54, 1.807) is 38.1 Å². The van der Waals surface area contributed by atoms with Crippen LogP contribution in [0.25, 0.3) is 90.1 Å². The van der Waals surface area contributed by atoms with Crippen LogP contribution in [0.15, 0.2) is 255 Å². The summed E-state index contributed by atoms with van der Waals surface area (Å²) in [5.41, 5.74) is 27.5. The van der Waals surface area contributed by atoms with Crippen LogP contribution >= 0.6 is 0 Å². The SMILES string of the molecule is CCOC(=O)c1ccc(C2=Cc3nc2nc2[nH]c(cc2-c2ccc(C(=O)OCC)cc2)c(-c2c(C)cc(C)cc2C)c2nc(nc4[nH]c(cc4-c4ccc(N(c5ccccc5)c5ccccc5)cc4)c3-c3c(C)cc(C)cc3C)C(c3ccc(N(c4ccccc4)c4ccccc4)cc3)=C2)cc1. The van der Waals surface area contributed by atoms with Gasteiger partial charge in [0.1, 0.15) is 11.3 Å². The molecule has 3 aromatic heterocycles. The van der Waals surface area contributed by atoms with E-state index in [0.29, 0.717) is 45.5 Å². The third kappa shape index (κ3) is 12.8. The van der Waals surface area contributed by atoms with Crippen LogP contribution in [0, 0.1) is 41.5 Å². The fraction of sp³-hybridized carbons (Fsp3) is 0.111. The first-order chi connectivity index (χ1) is 49.7. The first-order valence-electron chi connectivity index (χ1n) is 34.5. The van der Waals surface area contributed by atoms with Gasteiger partial charge >= 0.3 is 11.9 Å². The molecule has 0 aliphatic carbocycles. The van der Waals surface area contributed by atoms with Gasteiger partial charge < -0.3 is 29.2 Å². The molecular formula is C90H74N8O4. The van der Waals surface area contributed by atoms with Gasteiger partial charge in [0.25, 0.3) is 0 Å². The Morgan fingerprint density at radius 2 is 0.637 bits per heavy atom. The predicted octanol–water partition coefficient (Wildman–Crippen LogP) is 22.1. The summed E-state index contributed by atoms with van der Waals surface area (Å²) >= 11 is 0. The molecule has 0 unspecified atom stereocenters. The number of para-hydroxylation sites is 4. The van der Waals surface area contributed by atoms with E-state index in [4.69, 9.17) is 29.4 Å². The van der Waals surface area contributed by atoms with Gasteiger partial charge in [-0.15, -0.1) is 0 Å². The first kappa shape index (κ1) is 65.2. The van der Waals surface area contributed by atoms with Crippen LogP contribution in [0.4, 0.5) is 34.1 Å². The highest BCUT2D eigenvalue weighted by atomic mass is 16.5. The van der Waals surface area contributed by atoms with E-state index < -0.39 is 11.9 Å². The number of H-pyrrole nitrogens is 2. The van der Waals surface area contributed by atoms with Crippen molar-refractivity contribution in [3.63, 3.8) is 0 Å². The molecule has 0 spiro atoms. The number of aryl methyl sites for hydroxylation is 6. The summed E-state index contributed by atoms with van der Waals surface area (Å²) in [4.78, 5) is 62.0. The Morgan fingerprint density at radius 3 is 0.961 bits per heavy atom. The average molecular weight is 1330 g/mol. The second kappa shape index (κ2) is 27.8. The number of benzene rings is 10. The Balaban J connectivity index is 1.07. The quantitative estimate of drug-likeness (QED) is 0.0898. The largest absolute Gasteiger partial charge is 0.462 e. The smallest absolute Gasteiger partial charge is 0.338 e. The lowest BCUT2D eigenvalue weighted by Gasteiger charge is -2.25. The van der Waals surface area contributed by atoms with Crippen LogP contribution in [0.1, 0.15) is 102 Å². The lowest BCUT2D eigenvalue weighted by molar-refractivity contribution is 0.0517. The Kier molecular flexibility index (Phi) is 17.8. The Bertz CT molecular complexity index is 5490. The fourth-order valence-electron chi connectivity index (χ4n) is 14.4. The number of carbonyl (C=O) groups excluding carboxylic acids is 2. The summed E-state index contributed by atoms with van der Waals surface area (Å²) in [7, 11) is 0. The van der Waals surface area contributed by atoms with Crippen LogP contribution in [-0.4, -0.2) is 55.1 Å². The van der Waals surface area contributed by atoms with Gasteiger partial charge in [0.2, 0.25) is 0 Å². The number of rotatable bonds is 16. The molecule has 0 saturated heterocycles. The van der Waals surface area contributed by atoms with Crippen molar-refractivity contribution >= 4 is 91.7 Å². The Morgan fingerprint density at radius 1 is 0.343 bits per heavy atom. The molecule has 2 aliphatic heterocycles. The third-order valence-electron chi connectivity index (χ3n) is 18.8. The van der Waals surface area contributed by atoms with Gasteiger partial charge in [-0.3, -0.25) is 0 Å². The summed E-state index contributed by atoms with van der Waals surface area (Å²) < 4.78 is 11.0. The highest BCUT2D eigenvalue weighted by Crippen LogP contribution is 2.45. The minimum atomic E-state index is -0.411. The molecule has 15 rings (SSSR count). The first-order valence-corrected chi connectivity index (χ1v) is 34.5. The number of fused-ring (bicyclic) bond motifs is 8. The van der Waals surface area contributed by atoms with E-state index in [-0.39, 0.29) is 13.2 Å². The number of anilines is 6. The molecule has 10 aromatic carbocycles. The van der Waals surface area contributed by atoms with Crippen LogP contribution < -0.4 is 9.80 Å². The van der Waals surface area contributed by atoms with Gasteiger partial charge in [0, 0.05) is 67.5 Å². The zero-order valence-electron chi connectivity index (χ0n) is 58.1. The molecular weight excluding hydrogens is 1260 g/mol. The van der Waals surface area contributed by atoms with Crippen LogP contribution in [0.3, 0.4) is 0 Å². The normalized spacial score (nSPS) is 11.8. The molecule has 12 nitrogen and oxygen atoms in total. The third-order valence-corrected chi connectivity index (χ3v) is 18.8. The van der Waals surface area contributed by atoms with Gasteiger partial charge in [-0.25, -0.2) is 29.5 Å². The zero-order chi connectivity index (χ0) is 70.1. The highest BCUT2D eigenvalue weighted by Gasteiger charge is 2.27. The second-order valence-electron chi connectivity index (χ2n) is 25.9. The molecule has 5 heterocycles. The number of hydrogen-bond acceptors (Lipinski definition) is 10. The number of nitrogens with one attached hydrogen (secondary N) is 2. The van der Waals surface area contributed by atoms with Crippen LogP contribution in [0.2, 0.25) is 0 Å². The van der Waals surface area contributed by atoms with Crippen molar-refractivity contribution in [3.8, 4) is 44.5 Å². The summed E-state index contributed by atoms with van der Waals surface area (Å²) in [6, 6.07) is 87.2. The molecule has 0 saturated carbocycles. The van der Waals surface area contributed by atoms with E-state index in [1.165, 1.54) is 0 Å². The van der Waals surface area contributed by atoms with Crippen LogP contribution in [0.5, 0.6) is 0 Å². The Labute approximate surface area is 593 Å². The molecule has 0 amide bonds. The van der Waals surface area contributed by atoms with Gasteiger partial charge in [-0.05, 0) is 232 Å². The molecule has 102 heavy (non-hydrogen) atoms. The lowest BCUT2D eigenvalue weighted by atomic mass is 9.92. The molecule has 12 heteroatoms. The lowest BCUT2D eigenvalue weighted by Crippen LogP contribution is -2.09.